The van der Waals surface area contributed by atoms with Crippen molar-refractivity contribution < 1.29 is 4.79 Å². The van der Waals surface area contributed by atoms with Crippen molar-refractivity contribution in [3.05, 3.63) is 48.0 Å². The van der Waals surface area contributed by atoms with Gasteiger partial charge in [0.1, 0.15) is 0 Å². The van der Waals surface area contributed by atoms with Crippen LogP contribution in [0, 0.1) is 19.8 Å². The number of amides is 1. The van der Waals surface area contributed by atoms with Crippen LogP contribution in [0.25, 0.3) is 11.0 Å². The molecule has 0 unspecified atom stereocenters. The highest BCUT2D eigenvalue weighted by molar-refractivity contribution is 5.79. The quantitative estimate of drug-likeness (QED) is 0.738. The van der Waals surface area contributed by atoms with Gasteiger partial charge in [-0.15, -0.1) is 0 Å². The van der Waals surface area contributed by atoms with Gasteiger partial charge in [0.05, 0.1) is 23.3 Å². The number of imidazole rings is 1. The third-order valence-electron chi connectivity index (χ3n) is 5.22. The smallest absolute Gasteiger partial charge is 0.225 e. The van der Waals surface area contributed by atoms with Gasteiger partial charge in [-0.1, -0.05) is 12.1 Å². The number of hydrogen-bond donors (Lipinski definition) is 1. The highest BCUT2D eigenvalue weighted by Crippen LogP contribution is 2.21. The van der Waals surface area contributed by atoms with Crippen LogP contribution in [0.2, 0.25) is 0 Å². The third-order valence-corrected chi connectivity index (χ3v) is 5.22. The van der Waals surface area contributed by atoms with Crippen molar-refractivity contribution in [3.8, 4) is 0 Å². The minimum atomic E-state index is -0.0299. The zero-order valence-corrected chi connectivity index (χ0v) is 16.4. The van der Waals surface area contributed by atoms with E-state index in [4.69, 9.17) is 0 Å². The normalized spacial score (nSPS) is 17.1. The summed E-state index contributed by atoms with van der Waals surface area (Å²) in [7, 11) is 0. The Bertz CT molecular complexity index is 962. The Morgan fingerprint density at radius 3 is 2.82 bits per heavy atom. The van der Waals surface area contributed by atoms with Crippen molar-refractivity contribution in [3.63, 3.8) is 0 Å². The summed E-state index contributed by atoms with van der Waals surface area (Å²) in [5.41, 5.74) is 3.99. The molecule has 3 heterocycles. The Hall–Kier alpha value is -2.96. The SMILES string of the molecule is Cc1cc(C)nc(N2CCC[C@H](C(=O)NCCn3cnc4ccccc43)C2)n1. The first kappa shape index (κ1) is 18.4. The minimum absolute atomic E-state index is 0.0299. The number of piperidine rings is 1. The molecule has 0 spiro atoms. The van der Waals surface area contributed by atoms with Crippen LogP contribution < -0.4 is 10.2 Å². The van der Waals surface area contributed by atoms with Crippen LogP contribution in [0.15, 0.2) is 36.7 Å². The lowest BCUT2D eigenvalue weighted by molar-refractivity contribution is -0.125. The number of benzene rings is 1. The first-order valence-corrected chi connectivity index (χ1v) is 9.85. The second-order valence-electron chi connectivity index (χ2n) is 7.45. The molecule has 7 nitrogen and oxygen atoms in total. The number of aromatic nitrogens is 4. The largest absolute Gasteiger partial charge is 0.354 e. The van der Waals surface area contributed by atoms with Crippen molar-refractivity contribution in [2.75, 3.05) is 24.5 Å². The van der Waals surface area contributed by atoms with E-state index in [0.29, 0.717) is 19.6 Å². The van der Waals surface area contributed by atoms with Gasteiger partial charge in [0, 0.05) is 37.6 Å². The molecule has 1 aliphatic heterocycles. The number of nitrogens with one attached hydrogen (secondary N) is 1. The number of para-hydroxylation sites is 2. The molecule has 1 aromatic carbocycles. The van der Waals surface area contributed by atoms with Crippen molar-refractivity contribution in [1.29, 1.82) is 0 Å². The molecule has 3 aromatic rings. The number of anilines is 1. The van der Waals surface area contributed by atoms with E-state index in [2.05, 4.69) is 29.7 Å². The molecule has 0 radical (unpaired) electrons. The monoisotopic (exact) mass is 378 g/mol. The maximum absolute atomic E-state index is 12.7. The molecule has 1 atom stereocenters. The fraction of sp³-hybridized carbons (Fsp3) is 0.429. The number of hydrogen-bond acceptors (Lipinski definition) is 5. The van der Waals surface area contributed by atoms with Gasteiger partial charge in [0.15, 0.2) is 0 Å². The van der Waals surface area contributed by atoms with Crippen LogP contribution in [0.1, 0.15) is 24.2 Å². The summed E-state index contributed by atoms with van der Waals surface area (Å²) >= 11 is 0. The highest BCUT2D eigenvalue weighted by atomic mass is 16.1. The van der Waals surface area contributed by atoms with Gasteiger partial charge >= 0.3 is 0 Å². The highest BCUT2D eigenvalue weighted by Gasteiger charge is 2.27. The van der Waals surface area contributed by atoms with Gasteiger partial charge in [-0.05, 0) is 44.9 Å². The van der Waals surface area contributed by atoms with Crippen LogP contribution in [0.5, 0.6) is 0 Å². The summed E-state index contributed by atoms with van der Waals surface area (Å²) < 4.78 is 2.08. The van der Waals surface area contributed by atoms with Crippen LogP contribution in [0.4, 0.5) is 5.95 Å². The van der Waals surface area contributed by atoms with Crippen molar-refractivity contribution >= 4 is 22.9 Å². The first-order chi connectivity index (χ1) is 13.6. The van der Waals surface area contributed by atoms with Crippen LogP contribution >= 0.6 is 0 Å². The van der Waals surface area contributed by atoms with Crippen LogP contribution in [0.3, 0.4) is 0 Å². The average Bonchev–Trinajstić information content (AvgIpc) is 3.10. The number of nitrogens with zero attached hydrogens (tertiary/aromatic N) is 5. The molecule has 1 N–H and O–H groups in total. The van der Waals surface area contributed by atoms with E-state index < -0.39 is 0 Å². The summed E-state index contributed by atoms with van der Waals surface area (Å²) in [6.45, 7) is 6.83. The predicted molar refractivity (Wildman–Crippen MR) is 109 cm³/mol. The molecule has 0 aliphatic carbocycles. The molecule has 1 saturated heterocycles. The van der Waals surface area contributed by atoms with Crippen molar-refractivity contribution in [2.45, 2.75) is 33.2 Å². The lowest BCUT2D eigenvalue weighted by Crippen LogP contribution is -2.44. The molecular formula is C21H26N6O. The van der Waals surface area contributed by atoms with Gasteiger partial charge in [0.25, 0.3) is 0 Å². The maximum atomic E-state index is 12.7. The Morgan fingerprint density at radius 1 is 1.21 bits per heavy atom. The molecule has 0 bridgehead atoms. The van der Waals surface area contributed by atoms with E-state index >= 15 is 0 Å². The Labute approximate surface area is 164 Å². The number of carbonyl (C=O) groups is 1. The van der Waals surface area contributed by atoms with Gasteiger partial charge in [-0.2, -0.15) is 0 Å². The molecule has 0 saturated carbocycles. The average molecular weight is 378 g/mol. The fourth-order valence-electron chi connectivity index (χ4n) is 3.85. The van der Waals surface area contributed by atoms with Crippen molar-refractivity contribution in [1.82, 2.24) is 24.8 Å². The third kappa shape index (κ3) is 3.98. The zero-order chi connectivity index (χ0) is 19.5. The lowest BCUT2D eigenvalue weighted by Gasteiger charge is -2.32. The second kappa shape index (κ2) is 7.96. The number of fused-ring (bicyclic) bond motifs is 1. The Balaban J connectivity index is 1.34. The molecular weight excluding hydrogens is 352 g/mol. The van der Waals surface area contributed by atoms with Gasteiger partial charge in [-0.25, -0.2) is 15.0 Å². The minimum Gasteiger partial charge on any atom is -0.354 e. The van der Waals surface area contributed by atoms with E-state index in [1.165, 1.54) is 0 Å². The van der Waals surface area contributed by atoms with E-state index in [0.717, 1.165) is 47.8 Å². The summed E-state index contributed by atoms with van der Waals surface area (Å²) in [4.78, 5) is 28.3. The number of aryl methyl sites for hydroxylation is 2. The van der Waals surface area contributed by atoms with Crippen LogP contribution in [-0.2, 0) is 11.3 Å². The molecule has 2 aromatic heterocycles. The summed E-state index contributed by atoms with van der Waals surface area (Å²) in [6, 6.07) is 10.0. The molecule has 28 heavy (non-hydrogen) atoms. The fourth-order valence-corrected chi connectivity index (χ4v) is 3.85. The van der Waals surface area contributed by atoms with Gasteiger partial charge in [0.2, 0.25) is 11.9 Å². The number of carbonyl (C=O) groups excluding carboxylic acids is 1. The van der Waals surface area contributed by atoms with Crippen LogP contribution in [-0.4, -0.2) is 45.1 Å². The molecule has 1 aliphatic rings. The second-order valence-corrected chi connectivity index (χ2v) is 7.45. The number of rotatable bonds is 5. The zero-order valence-electron chi connectivity index (χ0n) is 16.4. The van der Waals surface area contributed by atoms with Crippen molar-refractivity contribution in [2.24, 2.45) is 5.92 Å². The van der Waals surface area contributed by atoms with Gasteiger partial charge < -0.3 is 14.8 Å². The Kier molecular flexibility index (Phi) is 5.23. The van der Waals surface area contributed by atoms with E-state index in [1.807, 2.05) is 50.5 Å². The summed E-state index contributed by atoms with van der Waals surface area (Å²) in [6.07, 6.45) is 3.71. The first-order valence-electron chi connectivity index (χ1n) is 9.85. The molecule has 4 rings (SSSR count). The summed E-state index contributed by atoms with van der Waals surface area (Å²) in [5, 5.41) is 3.10. The topological polar surface area (TPSA) is 75.9 Å². The van der Waals surface area contributed by atoms with E-state index in [1.54, 1.807) is 0 Å². The van der Waals surface area contributed by atoms with E-state index in [9.17, 15) is 4.79 Å². The Morgan fingerprint density at radius 2 is 2.00 bits per heavy atom. The molecule has 7 heteroatoms. The van der Waals surface area contributed by atoms with E-state index in [-0.39, 0.29) is 11.8 Å². The summed E-state index contributed by atoms with van der Waals surface area (Å²) in [5.74, 6) is 0.816. The van der Waals surface area contributed by atoms with Gasteiger partial charge in [-0.3, -0.25) is 4.79 Å². The lowest BCUT2D eigenvalue weighted by atomic mass is 9.97. The standard InChI is InChI=1S/C21H26N6O/c1-15-12-16(2)25-21(24-15)26-10-5-6-17(13-26)20(28)22-9-11-27-14-23-18-7-3-4-8-19(18)27/h3-4,7-8,12,14,17H,5-6,9-11,13H2,1-2H3,(H,22,28)/t17-/m0/s1. The molecule has 1 amide bonds. The molecule has 146 valence electrons. The predicted octanol–water partition coefficient (Wildman–Crippen LogP) is 2.48. The maximum Gasteiger partial charge on any atom is 0.225 e. The molecule has 1 fully saturated rings.